The van der Waals surface area contributed by atoms with Crippen LogP contribution in [0, 0.1) is 0 Å². The molecule has 2 heterocycles. The Morgan fingerprint density at radius 1 is 1.25 bits per heavy atom. The molecule has 6 heteroatoms. The summed E-state index contributed by atoms with van der Waals surface area (Å²) in [7, 11) is 0. The molecule has 0 saturated carbocycles. The average Bonchev–Trinajstić information content (AvgIpc) is 2.95. The van der Waals surface area contributed by atoms with Crippen LogP contribution in [0.5, 0.6) is 0 Å². The summed E-state index contributed by atoms with van der Waals surface area (Å²) in [6.07, 6.45) is -1.02. The molecule has 3 atom stereocenters. The van der Waals surface area contributed by atoms with Gasteiger partial charge in [-0.15, -0.1) is 0 Å². The number of hydrogen-bond donors (Lipinski definition) is 1. The molecule has 2 saturated heterocycles. The van der Waals surface area contributed by atoms with Crippen LogP contribution in [0.2, 0.25) is 0 Å². The Kier molecular flexibility index (Phi) is 5.36. The van der Waals surface area contributed by atoms with Gasteiger partial charge in [0.05, 0.1) is 0 Å². The Labute approximate surface area is 142 Å². The molecular weight excluding hydrogens is 309 g/mol. The second-order valence-corrected chi connectivity index (χ2v) is 7.00. The molecule has 132 valence electrons. The van der Waals surface area contributed by atoms with Gasteiger partial charge in [-0.2, -0.15) is 0 Å². The summed E-state index contributed by atoms with van der Waals surface area (Å²) in [5, 5.41) is 9.44. The smallest absolute Gasteiger partial charge is 0.407 e. The van der Waals surface area contributed by atoms with Crippen LogP contribution >= 0.6 is 0 Å². The molecule has 3 rings (SSSR count). The van der Waals surface area contributed by atoms with Gasteiger partial charge in [-0.25, -0.2) is 9.18 Å². The number of benzene rings is 1. The van der Waals surface area contributed by atoms with E-state index in [1.54, 1.807) is 0 Å². The lowest BCUT2D eigenvalue weighted by molar-refractivity contribution is 0.0207. The minimum Gasteiger partial charge on any atom is -0.465 e. The highest BCUT2D eigenvalue weighted by Gasteiger charge is 2.36. The molecule has 1 aromatic rings. The van der Waals surface area contributed by atoms with Gasteiger partial charge in [0, 0.05) is 51.4 Å². The molecule has 1 aromatic carbocycles. The lowest BCUT2D eigenvalue weighted by Gasteiger charge is -2.45. The van der Waals surface area contributed by atoms with Crippen molar-refractivity contribution in [2.45, 2.75) is 38.1 Å². The third-order valence-electron chi connectivity index (χ3n) is 5.11. The van der Waals surface area contributed by atoms with Crippen LogP contribution in [0.25, 0.3) is 0 Å². The number of alkyl halides is 1. The van der Waals surface area contributed by atoms with E-state index in [0.717, 1.165) is 19.6 Å². The third-order valence-corrected chi connectivity index (χ3v) is 5.11. The molecule has 0 aromatic heterocycles. The molecule has 5 nitrogen and oxygen atoms in total. The van der Waals surface area contributed by atoms with Crippen molar-refractivity contribution < 1.29 is 14.3 Å². The first-order valence-electron chi connectivity index (χ1n) is 8.67. The number of amides is 1. The van der Waals surface area contributed by atoms with E-state index >= 15 is 0 Å². The van der Waals surface area contributed by atoms with Gasteiger partial charge in [-0.1, -0.05) is 30.3 Å². The van der Waals surface area contributed by atoms with E-state index in [1.807, 2.05) is 25.1 Å². The average molecular weight is 335 g/mol. The molecule has 2 aliphatic rings. The highest BCUT2D eigenvalue weighted by molar-refractivity contribution is 5.65. The van der Waals surface area contributed by atoms with Crippen LogP contribution in [0.3, 0.4) is 0 Å². The molecule has 0 aliphatic carbocycles. The molecule has 2 aliphatic heterocycles. The Balaban J connectivity index is 1.71. The van der Waals surface area contributed by atoms with E-state index in [-0.39, 0.29) is 12.1 Å². The number of carboxylic acid groups (broad SMARTS) is 1. The van der Waals surface area contributed by atoms with Crippen molar-refractivity contribution in [1.29, 1.82) is 0 Å². The predicted octanol–water partition coefficient (Wildman–Crippen LogP) is 2.28. The normalized spacial score (nSPS) is 29.1. The summed E-state index contributed by atoms with van der Waals surface area (Å²) in [6.45, 7) is 5.91. The summed E-state index contributed by atoms with van der Waals surface area (Å²) in [4.78, 5) is 17.5. The quantitative estimate of drug-likeness (QED) is 0.917. The number of halogens is 1. The monoisotopic (exact) mass is 335 g/mol. The first-order valence-corrected chi connectivity index (χ1v) is 8.67. The summed E-state index contributed by atoms with van der Waals surface area (Å²) in [5.74, 6) is 0. The Morgan fingerprint density at radius 2 is 2.00 bits per heavy atom. The van der Waals surface area contributed by atoms with Crippen molar-refractivity contribution in [3.05, 3.63) is 35.9 Å². The fourth-order valence-electron chi connectivity index (χ4n) is 3.81. The molecular formula is C18H26FN3O2. The van der Waals surface area contributed by atoms with Gasteiger partial charge in [0.25, 0.3) is 0 Å². The van der Waals surface area contributed by atoms with Crippen LogP contribution in [0.15, 0.2) is 30.3 Å². The second-order valence-electron chi connectivity index (χ2n) is 7.00. The van der Waals surface area contributed by atoms with Crippen LogP contribution < -0.4 is 0 Å². The van der Waals surface area contributed by atoms with Crippen molar-refractivity contribution in [2.24, 2.45) is 0 Å². The standard InChI is InChI=1S/C18H26FN3O2/c1-14-9-21(10-15-5-3-2-4-6-15)17(13-22(14)18(23)24)12-20-8-7-16(19)11-20/h2-6,14,16-17H,7-13H2,1H3,(H,23,24)/t14-,16+,17+/m1/s1. The maximum Gasteiger partial charge on any atom is 0.407 e. The van der Waals surface area contributed by atoms with Gasteiger partial charge in [-0.05, 0) is 18.9 Å². The number of piperazine rings is 1. The maximum atomic E-state index is 13.5. The molecule has 1 amide bonds. The summed E-state index contributed by atoms with van der Waals surface area (Å²) in [5.41, 5.74) is 1.23. The van der Waals surface area contributed by atoms with Gasteiger partial charge in [0.1, 0.15) is 6.17 Å². The lowest BCUT2D eigenvalue weighted by atomic mass is 10.1. The molecule has 24 heavy (non-hydrogen) atoms. The van der Waals surface area contributed by atoms with Crippen molar-refractivity contribution in [2.75, 3.05) is 32.7 Å². The number of likely N-dealkylation sites (tertiary alicyclic amines) is 1. The maximum absolute atomic E-state index is 13.5. The van der Waals surface area contributed by atoms with E-state index in [1.165, 1.54) is 10.5 Å². The van der Waals surface area contributed by atoms with E-state index in [2.05, 4.69) is 21.9 Å². The van der Waals surface area contributed by atoms with E-state index < -0.39 is 12.3 Å². The predicted molar refractivity (Wildman–Crippen MR) is 90.8 cm³/mol. The summed E-state index contributed by atoms with van der Waals surface area (Å²) in [6, 6.07) is 10.3. The van der Waals surface area contributed by atoms with Crippen molar-refractivity contribution in [3.8, 4) is 0 Å². The zero-order chi connectivity index (χ0) is 17.1. The lowest BCUT2D eigenvalue weighted by Crippen LogP contribution is -2.60. The van der Waals surface area contributed by atoms with Gasteiger partial charge < -0.3 is 10.0 Å². The van der Waals surface area contributed by atoms with Gasteiger partial charge in [0.2, 0.25) is 0 Å². The zero-order valence-corrected chi connectivity index (χ0v) is 14.1. The molecule has 1 N–H and O–H groups in total. The third kappa shape index (κ3) is 4.05. The molecule has 0 bridgehead atoms. The molecule has 0 radical (unpaired) electrons. The Bertz CT molecular complexity index is 556. The number of nitrogens with zero attached hydrogens (tertiary/aromatic N) is 3. The SMILES string of the molecule is C[C@@H]1CN(Cc2ccccc2)[C@@H](CN2CC[C@H](F)C2)CN1C(=O)O. The first-order chi connectivity index (χ1) is 11.5. The topological polar surface area (TPSA) is 47.0 Å². The zero-order valence-electron chi connectivity index (χ0n) is 14.1. The fourth-order valence-corrected chi connectivity index (χ4v) is 3.81. The summed E-state index contributed by atoms with van der Waals surface area (Å²) >= 11 is 0. The minimum atomic E-state index is -0.864. The second kappa shape index (κ2) is 7.49. The van der Waals surface area contributed by atoms with Crippen LogP contribution in [0.1, 0.15) is 18.9 Å². The summed E-state index contributed by atoms with van der Waals surface area (Å²) < 4.78 is 13.5. The number of rotatable bonds is 4. The Morgan fingerprint density at radius 3 is 2.62 bits per heavy atom. The van der Waals surface area contributed by atoms with Gasteiger partial charge in [-0.3, -0.25) is 9.80 Å². The van der Waals surface area contributed by atoms with Crippen LogP contribution in [-0.4, -0.2) is 76.9 Å². The van der Waals surface area contributed by atoms with Crippen molar-refractivity contribution in [3.63, 3.8) is 0 Å². The van der Waals surface area contributed by atoms with Crippen LogP contribution in [-0.2, 0) is 6.54 Å². The Hall–Kier alpha value is -1.66. The minimum absolute atomic E-state index is 0.0324. The highest BCUT2D eigenvalue weighted by atomic mass is 19.1. The highest BCUT2D eigenvalue weighted by Crippen LogP contribution is 2.21. The fraction of sp³-hybridized carbons (Fsp3) is 0.611. The molecule has 2 fully saturated rings. The van der Waals surface area contributed by atoms with E-state index in [9.17, 15) is 14.3 Å². The molecule has 0 unspecified atom stereocenters. The van der Waals surface area contributed by atoms with Crippen LogP contribution in [0.4, 0.5) is 9.18 Å². The number of hydrogen-bond acceptors (Lipinski definition) is 3. The number of carbonyl (C=O) groups is 1. The first kappa shape index (κ1) is 17.2. The van der Waals surface area contributed by atoms with E-state index in [0.29, 0.717) is 26.1 Å². The van der Waals surface area contributed by atoms with E-state index in [4.69, 9.17) is 0 Å². The van der Waals surface area contributed by atoms with Crippen molar-refractivity contribution >= 4 is 6.09 Å². The van der Waals surface area contributed by atoms with Gasteiger partial charge in [0.15, 0.2) is 0 Å². The molecule has 0 spiro atoms. The largest absolute Gasteiger partial charge is 0.465 e. The van der Waals surface area contributed by atoms with Crippen molar-refractivity contribution in [1.82, 2.24) is 14.7 Å². The van der Waals surface area contributed by atoms with Gasteiger partial charge >= 0.3 is 6.09 Å².